The molecule has 2 heterocycles. The van der Waals surface area contributed by atoms with E-state index in [1.165, 1.54) is 12.1 Å². The number of sulfone groups is 1. The fourth-order valence-electron chi connectivity index (χ4n) is 5.35. The van der Waals surface area contributed by atoms with Gasteiger partial charge < -0.3 is 10.5 Å². The van der Waals surface area contributed by atoms with E-state index in [-0.39, 0.29) is 38.4 Å². The van der Waals surface area contributed by atoms with Gasteiger partial charge in [-0.25, -0.2) is 13.2 Å². The number of hydrogen-bond acceptors (Lipinski definition) is 7. The number of carbonyl (C=O) groups excluding carboxylic acids is 1. The highest BCUT2D eigenvalue weighted by Gasteiger charge is 2.42. The fraction of sp³-hybridized carbons (Fsp3) is 0.257. The van der Waals surface area contributed by atoms with Gasteiger partial charge in [0.25, 0.3) is 5.56 Å². The van der Waals surface area contributed by atoms with Crippen molar-refractivity contribution >= 4 is 44.6 Å². The molecule has 1 aliphatic heterocycles. The highest BCUT2D eigenvalue weighted by Crippen LogP contribution is 2.42. The lowest BCUT2D eigenvalue weighted by molar-refractivity contribution is -0.136. The third-order valence-electron chi connectivity index (χ3n) is 7.77. The Morgan fingerprint density at radius 2 is 1.50 bits per heavy atom. The first-order valence-electron chi connectivity index (χ1n) is 14.6. The normalized spacial score (nSPS) is 15.7. The van der Waals surface area contributed by atoms with Crippen LogP contribution in [-0.2, 0) is 19.4 Å². The molecule has 1 aromatic heterocycles. The van der Waals surface area contributed by atoms with E-state index in [1.807, 2.05) is 48.5 Å². The third-order valence-corrected chi connectivity index (χ3v) is 10.8. The summed E-state index contributed by atoms with van der Waals surface area (Å²) >= 11 is 1.10. The molecule has 2 N–H and O–H groups in total. The number of hydrogen-bond donors (Lipinski definition) is 1. The van der Waals surface area contributed by atoms with E-state index in [0.717, 1.165) is 32.6 Å². The molecule has 0 unspecified atom stereocenters. The van der Waals surface area contributed by atoms with Crippen LogP contribution < -0.4 is 20.5 Å². The SMILES string of the molecule is CCOC(=O)C1=c2s/c(=C/c3ccc(C(C)C)cc3)c(=O)n2C(N)=C(S(=O)(=O)c2ccccc2)[C@@H]1c1ccc(C(C)C)cc1. The molecular formula is C35H36N2O5S2. The molecule has 0 aliphatic carbocycles. The largest absolute Gasteiger partial charge is 0.463 e. The zero-order valence-electron chi connectivity index (χ0n) is 25.4. The average Bonchev–Trinajstić information content (AvgIpc) is 3.33. The van der Waals surface area contributed by atoms with Crippen LogP contribution in [0.1, 0.15) is 74.6 Å². The van der Waals surface area contributed by atoms with Crippen molar-refractivity contribution in [1.82, 2.24) is 4.57 Å². The molecule has 0 saturated heterocycles. The summed E-state index contributed by atoms with van der Waals surface area (Å²) in [5.74, 6) is -1.44. The average molecular weight is 629 g/mol. The Morgan fingerprint density at radius 3 is 2.05 bits per heavy atom. The van der Waals surface area contributed by atoms with Crippen LogP contribution in [0.4, 0.5) is 0 Å². The molecule has 228 valence electrons. The number of nitrogens with two attached hydrogens (primary N) is 1. The summed E-state index contributed by atoms with van der Waals surface area (Å²) in [6.45, 7) is 10.1. The second kappa shape index (κ2) is 12.4. The molecule has 44 heavy (non-hydrogen) atoms. The van der Waals surface area contributed by atoms with Crippen molar-refractivity contribution < 1.29 is 17.9 Å². The molecule has 0 fully saturated rings. The van der Waals surface area contributed by atoms with Crippen molar-refractivity contribution in [2.24, 2.45) is 5.73 Å². The van der Waals surface area contributed by atoms with Crippen LogP contribution in [-0.4, -0.2) is 25.6 Å². The number of ether oxygens (including phenoxy) is 1. The van der Waals surface area contributed by atoms with Gasteiger partial charge in [0.05, 0.1) is 27.5 Å². The Kier molecular flexibility index (Phi) is 8.81. The van der Waals surface area contributed by atoms with Gasteiger partial charge in [0.1, 0.15) is 15.4 Å². The molecule has 5 rings (SSSR count). The fourth-order valence-corrected chi connectivity index (χ4v) is 8.21. The van der Waals surface area contributed by atoms with E-state index in [4.69, 9.17) is 10.5 Å². The molecule has 1 aliphatic rings. The first-order valence-corrected chi connectivity index (χ1v) is 16.9. The van der Waals surface area contributed by atoms with Crippen LogP contribution in [0.5, 0.6) is 0 Å². The monoisotopic (exact) mass is 628 g/mol. The molecule has 0 amide bonds. The number of benzene rings is 3. The minimum Gasteiger partial charge on any atom is -0.463 e. The first-order chi connectivity index (χ1) is 20.9. The summed E-state index contributed by atoms with van der Waals surface area (Å²) in [7, 11) is -4.28. The molecule has 0 spiro atoms. The summed E-state index contributed by atoms with van der Waals surface area (Å²) in [6, 6.07) is 23.3. The predicted octanol–water partition coefficient (Wildman–Crippen LogP) is 5.06. The van der Waals surface area contributed by atoms with E-state index < -0.39 is 27.3 Å². The number of carbonyl (C=O) groups is 1. The first kappa shape index (κ1) is 31.2. The molecule has 7 nitrogen and oxygen atoms in total. The zero-order valence-corrected chi connectivity index (χ0v) is 27.0. The Hall–Kier alpha value is -4.21. The highest BCUT2D eigenvalue weighted by atomic mass is 32.2. The molecule has 3 aromatic carbocycles. The van der Waals surface area contributed by atoms with Crippen molar-refractivity contribution in [2.45, 2.75) is 57.3 Å². The van der Waals surface area contributed by atoms with Crippen LogP contribution in [0, 0.1) is 0 Å². The van der Waals surface area contributed by atoms with Crippen LogP contribution in [0.25, 0.3) is 17.5 Å². The smallest absolute Gasteiger partial charge is 0.338 e. The zero-order chi connectivity index (χ0) is 31.8. The second-order valence-corrected chi connectivity index (χ2v) is 14.3. The van der Waals surface area contributed by atoms with Gasteiger partial charge in [-0.05, 0) is 59.2 Å². The second-order valence-electron chi connectivity index (χ2n) is 11.3. The standard InChI is InChI=1S/C35H36N2O5S2/c1-6-42-35(39)30-29(26-18-16-25(17-19-26)22(4)5)31(44(40,41)27-10-8-7-9-11-27)32(36)37-33(38)28(43-34(30)37)20-23-12-14-24(15-13-23)21(2)3/h7-22,29H,6,36H2,1-5H3/b28-20+/t29-/m1/s1. The van der Waals surface area contributed by atoms with Crippen LogP contribution in [0.2, 0.25) is 0 Å². The molecule has 0 bridgehead atoms. The van der Waals surface area contributed by atoms with Crippen molar-refractivity contribution in [2.75, 3.05) is 6.61 Å². The summed E-state index contributed by atoms with van der Waals surface area (Å²) in [5, 5.41) is 0. The van der Waals surface area contributed by atoms with E-state index in [2.05, 4.69) is 27.7 Å². The Bertz CT molecular complexity index is 2020. The quantitative estimate of drug-likeness (QED) is 0.274. The third kappa shape index (κ3) is 5.69. The van der Waals surface area contributed by atoms with Gasteiger partial charge in [0.2, 0.25) is 9.84 Å². The number of rotatable bonds is 8. The topological polar surface area (TPSA) is 108 Å². The van der Waals surface area contributed by atoms with E-state index in [9.17, 15) is 18.0 Å². The lowest BCUT2D eigenvalue weighted by Crippen LogP contribution is -2.41. The van der Waals surface area contributed by atoms with Gasteiger partial charge in [-0.2, -0.15) is 0 Å². The maximum atomic E-state index is 14.4. The van der Waals surface area contributed by atoms with Gasteiger partial charge in [0, 0.05) is 0 Å². The van der Waals surface area contributed by atoms with Crippen LogP contribution in [0.15, 0.2) is 93.5 Å². The molecule has 0 radical (unpaired) electrons. The lowest BCUT2D eigenvalue weighted by Gasteiger charge is -2.28. The summed E-state index contributed by atoms with van der Waals surface area (Å²) < 4.78 is 36.0. The number of aromatic nitrogens is 1. The number of fused-ring (bicyclic) bond motifs is 1. The highest BCUT2D eigenvalue weighted by molar-refractivity contribution is 7.95. The molecule has 1 atom stereocenters. The lowest BCUT2D eigenvalue weighted by atomic mass is 9.88. The molecule has 9 heteroatoms. The maximum Gasteiger partial charge on any atom is 0.338 e. The van der Waals surface area contributed by atoms with E-state index >= 15 is 0 Å². The minimum atomic E-state index is -4.28. The van der Waals surface area contributed by atoms with E-state index in [1.54, 1.807) is 31.2 Å². The Morgan fingerprint density at radius 1 is 0.932 bits per heavy atom. The number of nitrogens with zero attached hydrogens (tertiary/aromatic N) is 1. The number of allylic oxidation sites excluding steroid dienone is 1. The summed E-state index contributed by atoms with van der Waals surface area (Å²) in [4.78, 5) is 27.5. The van der Waals surface area contributed by atoms with Gasteiger partial charge >= 0.3 is 5.97 Å². The van der Waals surface area contributed by atoms with Crippen molar-refractivity contribution in [3.8, 4) is 0 Å². The van der Waals surface area contributed by atoms with Gasteiger partial charge in [-0.15, -0.1) is 11.3 Å². The number of thiazole rings is 1. The van der Waals surface area contributed by atoms with Gasteiger partial charge in [-0.1, -0.05) is 94.4 Å². The predicted molar refractivity (Wildman–Crippen MR) is 176 cm³/mol. The van der Waals surface area contributed by atoms with Crippen LogP contribution in [0.3, 0.4) is 0 Å². The maximum absolute atomic E-state index is 14.4. The summed E-state index contributed by atoms with van der Waals surface area (Å²) in [5.41, 5.74) is 9.83. The van der Waals surface area contributed by atoms with E-state index in [0.29, 0.717) is 16.0 Å². The Labute approximate surface area is 261 Å². The van der Waals surface area contributed by atoms with Gasteiger partial charge in [-0.3, -0.25) is 9.36 Å². The van der Waals surface area contributed by atoms with Crippen LogP contribution >= 0.6 is 11.3 Å². The minimum absolute atomic E-state index is 0.00807. The molecule has 4 aromatic rings. The van der Waals surface area contributed by atoms with Crippen molar-refractivity contribution in [3.63, 3.8) is 0 Å². The molecule has 0 saturated carbocycles. The molecular weight excluding hydrogens is 593 g/mol. The van der Waals surface area contributed by atoms with Crippen molar-refractivity contribution in [3.05, 3.63) is 126 Å². The van der Waals surface area contributed by atoms with Gasteiger partial charge in [0.15, 0.2) is 0 Å². The Balaban J connectivity index is 1.87. The number of esters is 1. The van der Waals surface area contributed by atoms with Crippen molar-refractivity contribution in [1.29, 1.82) is 0 Å². The summed E-state index contributed by atoms with van der Waals surface area (Å²) in [6.07, 6.45) is 1.73.